The van der Waals surface area contributed by atoms with Gasteiger partial charge in [-0.15, -0.1) is 0 Å². The standard InChI is InChI=1S/C11H23N3O2S2/c1-5-9-6-7-17-10(13-9)12-8-11(2,3)14-18(4,15)16/h9,14H,5-8H2,1-4H3,(H,12,13). The second-order valence-corrected chi connectivity index (χ2v) is 8.10. The van der Waals surface area contributed by atoms with Gasteiger partial charge in [-0.05, 0) is 26.7 Å². The van der Waals surface area contributed by atoms with Gasteiger partial charge in [-0.1, -0.05) is 18.7 Å². The quantitative estimate of drug-likeness (QED) is 0.798. The summed E-state index contributed by atoms with van der Waals surface area (Å²) in [6.07, 6.45) is 3.42. The van der Waals surface area contributed by atoms with Crippen molar-refractivity contribution in [1.29, 1.82) is 0 Å². The van der Waals surface area contributed by atoms with Crippen LogP contribution in [-0.2, 0) is 10.0 Å². The number of hydrogen-bond donors (Lipinski definition) is 2. The molecule has 1 fully saturated rings. The van der Waals surface area contributed by atoms with Crippen LogP contribution in [0.15, 0.2) is 4.99 Å². The Kier molecular flexibility index (Phi) is 5.48. The summed E-state index contributed by atoms with van der Waals surface area (Å²) >= 11 is 1.70. The van der Waals surface area contributed by atoms with Gasteiger partial charge in [0, 0.05) is 17.3 Å². The summed E-state index contributed by atoms with van der Waals surface area (Å²) in [5, 5.41) is 4.30. The zero-order chi connectivity index (χ0) is 13.8. The minimum atomic E-state index is -3.20. The number of aliphatic imine (C=N–C) groups is 1. The Balaban J connectivity index is 2.57. The third-order valence-corrected chi connectivity index (χ3v) is 4.49. The summed E-state index contributed by atoms with van der Waals surface area (Å²) < 4.78 is 25.0. The predicted octanol–water partition coefficient (Wildman–Crippen LogP) is 1.18. The van der Waals surface area contributed by atoms with Crippen molar-refractivity contribution in [2.24, 2.45) is 4.99 Å². The molecular formula is C11H23N3O2S2. The lowest BCUT2D eigenvalue weighted by Gasteiger charge is -2.27. The number of nitrogens with zero attached hydrogens (tertiary/aromatic N) is 1. The van der Waals surface area contributed by atoms with Gasteiger partial charge in [0.05, 0.1) is 12.8 Å². The maximum atomic E-state index is 11.2. The first-order valence-electron chi connectivity index (χ1n) is 6.14. The van der Waals surface area contributed by atoms with Crippen LogP contribution in [0.2, 0.25) is 0 Å². The molecule has 1 unspecified atom stereocenters. The maximum Gasteiger partial charge on any atom is 0.209 e. The lowest BCUT2D eigenvalue weighted by molar-refractivity contribution is 0.464. The molecule has 1 atom stereocenters. The van der Waals surface area contributed by atoms with Crippen molar-refractivity contribution in [3.8, 4) is 0 Å². The molecule has 106 valence electrons. The van der Waals surface area contributed by atoms with Crippen LogP contribution in [-0.4, -0.2) is 43.7 Å². The van der Waals surface area contributed by atoms with Crippen LogP contribution in [0, 0.1) is 0 Å². The number of thioether (sulfide) groups is 1. The van der Waals surface area contributed by atoms with E-state index in [1.807, 2.05) is 13.8 Å². The van der Waals surface area contributed by atoms with E-state index in [2.05, 4.69) is 22.0 Å². The van der Waals surface area contributed by atoms with E-state index in [1.54, 1.807) is 11.8 Å². The van der Waals surface area contributed by atoms with Gasteiger partial charge in [-0.25, -0.2) is 13.1 Å². The Morgan fingerprint density at radius 3 is 2.78 bits per heavy atom. The van der Waals surface area contributed by atoms with Gasteiger partial charge in [0.25, 0.3) is 0 Å². The molecule has 0 amide bonds. The summed E-state index contributed by atoms with van der Waals surface area (Å²) in [5.41, 5.74) is -0.554. The molecule has 5 nitrogen and oxygen atoms in total. The van der Waals surface area contributed by atoms with E-state index < -0.39 is 15.6 Å². The number of sulfonamides is 1. The molecule has 2 N–H and O–H groups in total. The summed E-state index contributed by atoms with van der Waals surface area (Å²) in [6, 6.07) is 0.496. The molecule has 1 heterocycles. The SMILES string of the molecule is CCC1CCSC(=NCC(C)(C)NS(C)(=O)=O)N1. The highest BCUT2D eigenvalue weighted by Crippen LogP contribution is 2.16. The van der Waals surface area contributed by atoms with Crippen molar-refractivity contribution < 1.29 is 8.42 Å². The molecule has 1 saturated heterocycles. The monoisotopic (exact) mass is 293 g/mol. The number of rotatable bonds is 5. The smallest absolute Gasteiger partial charge is 0.209 e. The van der Waals surface area contributed by atoms with Gasteiger partial charge in [-0.3, -0.25) is 4.99 Å². The Hall–Kier alpha value is -0.270. The van der Waals surface area contributed by atoms with E-state index in [0.29, 0.717) is 12.6 Å². The van der Waals surface area contributed by atoms with Crippen molar-refractivity contribution in [3.63, 3.8) is 0 Å². The van der Waals surface area contributed by atoms with E-state index in [4.69, 9.17) is 0 Å². The zero-order valence-corrected chi connectivity index (χ0v) is 13.1. The minimum absolute atomic E-state index is 0.436. The molecule has 1 aliphatic heterocycles. The van der Waals surface area contributed by atoms with E-state index in [1.165, 1.54) is 6.26 Å². The molecule has 0 aliphatic carbocycles. The topological polar surface area (TPSA) is 70.6 Å². The third-order valence-electron chi connectivity index (χ3n) is 2.61. The number of nitrogens with one attached hydrogen (secondary N) is 2. The zero-order valence-electron chi connectivity index (χ0n) is 11.5. The predicted molar refractivity (Wildman–Crippen MR) is 78.7 cm³/mol. The molecule has 0 aromatic carbocycles. The number of amidine groups is 1. The highest BCUT2D eigenvalue weighted by atomic mass is 32.2. The van der Waals surface area contributed by atoms with Crippen LogP contribution in [0.4, 0.5) is 0 Å². The summed E-state index contributed by atoms with van der Waals surface area (Å²) in [4.78, 5) is 4.48. The van der Waals surface area contributed by atoms with Gasteiger partial charge >= 0.3 is 0 Å². The molecule has 1 aliphatic rings. The molecule has 0 saturated carbocycles. The van der Waals surface area contributed by atoms with Crippen molar-refractivity contribution in [2.75, 3.05) is 18.6 Å². The van der Waals surface area contributed by atoms with Crippen LogP contribution in [0.25, 0.3) is 0 Å². The maximum absolute atomic E-state index is 11.2. The van der Waals surface area contributed by atoms with Crippen LogP contribution >= 0.6 is 11.8 Å². The third kappa shape index (κ3) is 6.06. The summed E-state index contributed by atoms with van der Waals surface area (Å²) in [6.45, 7) is 6.26. The van der Waals surface area contributed by atoms with Crippen molar-refractivity contribution in [1.82, 2.24) is 10.0 Å². The number of hydrogen-bond acceptors (Lipinski definition) is 4. The highest BCUT2D eigenvalue weighted by Gasteiger charge is 2.23. The Morgan fingerprint density at radius 2 is 2.22 bits per heavy atom. The Morgan fingerprint density at radius 1 is 1.56 bits per heavy atom. The van der Waals surface area contributed by atoms with Gasteiger partial charge in [-0.2, -0.15) is 0 Å². The molecule has 0 bridgehead atoms. The average molecular weight is 293 g/mol. The first kappa shape index (κ1) is 15.8. The van der Waals surface area contributed by atoms with Crippen LogP contribution in [0.1, 0.15) is 33.6 Å². The van der Waals surface area contributed by atoms with E-state index in [9.17, 15) is 8.42 Å². The summed E-state index contributed by atoms with van der Waals surface area (Å²) in [7, 11) is -3.20. The average Bonchev–Trinajstić information content (AvgIpc) is 2.24. The molecule has 0 radical (unpaired) electrons. The van der Waals surface area contributed by atoms with Gasteiger partial charge in [0.15, 0.2) is 5.17 Å². The van der Waals surface area contributed by atoms with E-state index in [-0.39, 0.29) is 0 Å². The molecule has 0 aromatic heterocycles. The highest BCUT2D eigenvalue weighted by molar-refractivity contribution is 8.13. The van der Waals surface area contributed by atoms with Crippen molar-refractivity contribution in [2.45, 2.75) is 45.2 Å². The minimum Gasteiger partial charge on any atom is -0.362 e. The molecule has 1 rings (SSSR count). The van der Waals surface area contributed by atoms with Crippen molar-refractivity contribution in [3.05, 3.63) is 0 Å². The summed E-state index contributed by atoms with van der Waals surface area (Å²) in [5.74, 6) is 1.07. The molecule has 0 aromatic rings. The second kappa shape index (κ2) is 6.25. The molecule has 18 heavy (non-hydrogen) atoms. The van der Waals surface area contributed by atoms with E-state index in [0.717, 1.165) is 23.8 Å². The molecule has 0 spiro atoms. The van der Waals surface area contributed by atoms with Crippen LogP contribution < -0.4 is 10.0 Å². The van der Waals surface area contributed by atoms with Gasteiger partial charge < -0.3 is 5.32 Å². The Bertz CT molecular complexity index is 405. The fraction of sp³-hybridized carbons (Fsp3) is 0.909. The first-order chi connectivity index (χ1) is 8.22. The van der Waals surface area contributed by atoms with Crippen LogP contribution in [0.5, 0.6) is 0 Å². The molecular weight excluding hydrogens is 270 g/mol. The van der Waals surface area contributed by atoms with Gasteiger partial charge in [0.1, 0.15) is 0 Å². The lowest BCUT2D eigenvalue weighted by atomic mass is 10.1. The lowest BCUT2D eigenvalue weighted by Crippen LogP contribution is -2.46. The normalized spacial score (nSPS) is 24.0. The van der Waals surface area contributed by atoms with Gasteiger partial charge in [0.2, 0.25) is 10.0 Å². The Labute approximate surface area is 114 Å². The fourth-order valence-electron chi connectivity index (χ4n) is 1.79. The van der Waals surface area contributed by atoms with E-state index >= 15 is 0 Å². The largest absolute Gasteiger partial charge is 0.362 e. The van der Waals surface area contributed by atoms with Crippen molar-refractivity contribution >= 4 is 27.0 Å². The second-order valence-electron chi connectivity index (χ2n) is 5.27. The molecule has 7 heteroatoms. The fourth-order valence-corrected chi connectivity index (χ4v) is 3.86. The first-order valence-corrected chi connectivity index (χ1v) is 9.02. The van der Waals surface area contributed by atoms with Crippen LogP contribution in [0.3, 0.4) is 0 Å².